The molecule has 0 radical (unpaired) electrons. The number of nitrogens with zero attached hydrogens (tertiary/aromatic N) is 1. The summed E-state index contributed by atoms with van der Waals surface area (Å²) in [7, 11) is 1.33. The fraction of sp³-hybridized carbons (Fsp3) is 0.562. The van der Waals surface area contributed by atoms with Gasteiger partial charge in [0.1, 0.15) is 18.0 Å². The van der Waals surface area contributed by atoms with E-state index in [0.29, 0.717) is 29.8 Å². The lowest BCUT2D eigenvalue weighted by atomic mass is 9.74. The fourth-order valence-electron chi connectivity index (χ4n) is 5.60. The fourth-order valence-corrected chi connectivity index (χ4v) is 5.80. The van der Waals surface area contributed by atoms with E-state index in [1.54, 1.807) is 20.8 Å². The summed E-state index contributed by atoms with van der Waals surface area (Å²) in [6.45, 7) is 7.60. The second kappa shape index (κ2) is 13.3. The molecule has 1 saturated carbocycles. The van der Waals surface area contributed by atoms with E-state index in [4.69, 9.17) is 25.8 Å². The van der Waals surface area contributed by atoms with Crippen LogP contribution in [0.25, 0.3) is 0 Å². The van der Waals surface area contributed by atoms with E-state index in [1.165, 1.54) is 12.7 Å². The maximum atomic E-state index is 12.9. The standard InChI is InChI=1S/C32H42ClNO6/c1-32(2,3)40-30(36)17-27(31(37)38-4)22-11-13-29-28(16-22)34(18-23-8-9-24(23)19-35)14-6-5-7-21-15-26(33)12-10-25(21)20-39-29/h10-13,15-16,23-24,27,35H,5-9,14,17-20H2,1-4H3/t23-,24-,27-/m0/s1. The Balaban J connectivity index is 1.70. The van der Waals surface area contributed by atoms with Crippen molar-refractivity contribution in [1.82, 2.24) is 0 Å². The van der Waals surface area contributed by atoms with Crippen LogP contribution < -0.4 is 9.64 Å². The Morgan fingerprint density at radius 1 is 1.10 bits per heavy atom. The van der Waals surface area contributed by atoms with E-state index in [1.807, 2.05) is 36.4 Å². The molecule has 7 nitrogen and oxygen atoms in total. The van der Waals surface area contributed by atoms with Crippen LogP contribution in [-0.2, 0) is 32.1 Å². The number of carbonyl (C=O) groups excluding carboxylic acids is 2. The quantitative estimate of drug-likeness (QED) is 0.404. The molecular weight excluding hydrogens is 530 g/mol. The number of hydrogen-bond acceptors (Lipinski definition) is 7. The van der Waals surface area contributed by atoms with Crippen molar-refractivity contribution in [2.24, 2.45) is 11.8 Å². The van der Waals surface area contributed by atoms with Crippen LogP contribution in [0.1, 0.15) is 75.5 Å². The number of fused-ring (bicyclic) bond motifs is 2. The third kappa shape index (κ3) is 7.70. The number of hydrogen-bond donors (Lipinski definition) is 1. The molecule has 0 unspecified atom stereocenters. The van der Waals surface area contributed by atoms with E-state index >= 15 is 0 Å². The number of esters is 2. The molecule has 2 aromatic carbocycles. The SMILES string of the molecule is COC(=O)[C@@H](CC(=O)OC(C)(C)C)c1ccc2c(c1)N(C[C@@H]1CC[C@H]1CO)CCCCc1cc(Cl)ccc1CO2. The normalized spacial score (nSPS) is 20.1. The molecule has 4 rings (SSSR count). The first kappa shape index (κ1) is 30.2. The lowest BCUT2D eigenvalue weighted by Crippen LogP contribution is -2.40. The highest BCUT2D eigenvalue weighted by Crippen LogP contribution is 2.40. The highest BCUT2D eigenvalue weighted by atomic mass is 35.5. The Morgan fingerprint density at radius 3 is 2.55 bits per heavy atom. The van der Waals surface area contributed by atoms with Crippen LogP contribution in [0.3, 0.4) is 0 Å². The zero-order valence-electron chi connectivity index (χ0n) is 24.1. The minimum Gasteiger partial charge on any atom is -0.487 e. The largest absolute Gasteiger partial charge is 0.487 e. The number of aliphatic hydroxyl groups excluding tert-OH is 1. The monoisotopic (exact) mass is 571 g/mol. The summed E-state index contributed by atoms with van der Waals surface area (Å²) in [6.07, 6.45) is 4.87. The number of carbonyl (C=O) groups is 2. The van der Waals surface area contributed by atoms with Crippen molar-refractivity contribution >= 4 is 29.2 Å². The highest BCUT2D eigenvalue weighted by molar-refractivity contribution is 6.30. The number of halogens is 1. The Morgan fingerprint density at radius 2 is 1.88 bits per heavy atom. The van der Waals surface area contributed by atoms with Crippen molar-refractivity contribution in [1.29, 1.82) is 0 Å². The van der Waals surface area contributed by atoms with Crippen LogP contribution in [0.2, 0.25) is 5.02 Å². The van der Waals surface area contributed by atoms with E-state index in [0.717, 1.165) is 61.5 Å². The number of anilines is 1. The van der Waals surface area contributed by atoms with Gasteiger partial charge in [-0.1, -0.05) is 23.7 Å². The van der Waals surface area contributed by atoms with Gasteiger partial charge < -0.3 is 24.2 Å². The summed E-state index contributed by atoms with van der Waals surface area (Å²) in [4.78, 5) is 28.0. The molecule has 0 saturated heterocycles. The molecule has 0 bridgehead atoms. The van der Waals surface area contributed by atoms with Gasteiger partial charge in [0.15, 0.2) is 0 Å². The van der Waals surface area contributed by atoms with Crippen molar-refractivity contribution in [3.8, 4) is 5.75 Å². The first-order valence-corrected chi connectivity index (χ1v) is 14.6. The minimum atomic E-state index is -0.804. The maximum absolute atomic E-state index is 12.9. The van der Waals surface area contributed by atoms with Crippen molar-refractivity contribution < 1.29 is 28.9 Å². The van der Waals surface area contributed by atoms with Gasteiger partial charge in [-0.3, -0.25) is 9.59 Å². The van der Waals surface area contributed by atoms with Gasteiger partial charge in [0, 0.05) is 24.7 Å². The average molecular weight is 572 g/mol. The Hall–Kier alpha value is -2.77. The van der Waals surface area contributed by atoms with Crippen molar-refractivity contribution in [2.75, 3.05) is 31.7 Å². The zero-order chi connectivity index (χ0) is 28.9. The highest BCUT2D eigenvalue weighted by Gasteiger charge is 2.33. The molecule has 1 N–H and O–H groups in total. The summed E-state index contributed by atoms with van der Waals surface area (Å²) in [5, 5.41) is 10.6. The number of aryl methyl sites for hydroxylation is 1. The van der Waals surface area contributed by atoms with E-state index < -0.39 is 23.5 Å². The third-order valence-corrected chi connectivity index (χ3v) is 8.18. The lowest BCUT2D eigenvalue weighted by molar-refractivity contribution is -0.158. The second-order valence-electron chi connectivity index (χ2n) is 12.0. The number of rotatable bonds is 7. The predicted molar refractivity (Wildman–Crippen MR) is 156 cm³/mol. The summed E-state index contributed by atoms with van der Waals surface area (Å²) in [6, 6.07) is 11.6. The van der Waals surface area contributed by atoms with E-state index in [2.05, 4.69) is 4.90 Å². The molecule has 40 heavy (non-hydrogen) atoms. The molecule has 1 fully saturated rings. The van der Waals surface area contributed by atoms with Crippen LogP contribution in [0.15, 0.2) is 36.4 Å². The van der Waals surface area contributed by atoms with Crippen molar-refractivity contribution in [3.63, 3.8) is 0 Å². The van der Waals surface area contributed by atoms with Crippen LogP contribution in [-0.4, -0.2) is 49.5 Å². The van der Waals surface area contributed by atoms with Crippen LogP contribution in [0, 0.1) is 11.8 Å². The molecule has 1 aliphatic carbocycles. The molecule has 2 aliphatic rings. The Bertz CT molecular complexity index is 1190. The van der Waals surface area contributed by atoms with Crippen molar-refractivity contribution in [2.45, 2.75) is 77.4 Å². The smallest absolute Gasteiger partial charge is 0.313 e. The molecule has 0 spiro atoms. The van der Waals surface area contributed by atoms with Gasteiger partial charge in [0.05, 0.1) is 25.1 Å². The molecule has 0 aromatic heterocycles. The molecule has 8 heteroatoms. The van der Waals surface area contributed by atoms with Gasteiger partial charge >= 0.3 is 11.9 Å². The minimum absolute atomic E-state index is 0.118. The number of benzene rings is 2. The van der Waals surface area contributed by atoms with Gasteiger partial charge in [0.2, 0.25) is 0 Å². The summed E-state index contributed by atoms with van der Waals surface area (Å²) in [5.74, 6) is -0.342. The first-order chi connectivity index (χ1) is 19.1. The van der Waals surface area contributed by atoms with Crippen LogP contribution in [0.5, 0.6) is 5.75 Å². The number of aliphatic hydroxyl groups is 1. The predicted octanol–water partition coefficient (Wildman–Crippen LogP) is 6.07. The Labute approximate surface area is 242 Å². The molecular formula is C32H42ClNO6. The van der Waals surface area contributed by atoms with Gasteiger partial charge in [-0.05, 0) is 106 Å². The van der Waals surface area contributed by atoms with Crippen LogP contribution >= 0.6 is 11.6 Å². The second-order valence-corrected chi connectivity index (χ2v) is 12.4. The molecule has 2 aromatic rings. The van der Waals surface area contributed by atoms with E-state index in [9.17, 15) is 14.7 Å². The molecule has 1 heterocycles. The van der Waals surface area contributed by atoms with Gasteiger partial charge in [-0.2, -0.15) is 0 Å². The summed E-state index contributed by atoms with van der Waals surface area (Å²) < 4.78 is 17.1. The summed E-state index contributed by atoms with van der Waals surface area (Å²) in [5.41, 5.74) is 3.21. The van der Waals surface area contributed by atoms with Gasteiger partial charge in [0.25, 0.3) is 0 Å². The average Bonchev–Trinajstić information content (AvgIpc) is 2.91. The van der Waals surface area contributed by atoms with E-state index in [-0.39, 0.29) is 13.0 Å². The lowest BCUT2D eigenvalue weighted by Gasteiger charge is -2.40. The number of ether oxygens (including phenoxy) is 3. The molecule has 3 atom stereocenters. The molecule has 1 aliphatic heterocycles. The molecule has 218 valence electrons. The maximum Gasteiger partial charge on any atom is 0.313 e. The Kier molecular flexibility index (Phi) is 10.0. The zero-order valence-corrected chi connectivity index (χ0v) is 24.8. The topological polar surface area (TPSA) is 85.3 Å². The molecule has 0 amide bonds. The first-order valence-electron chi connectivity index (χ1n) is 14.3. The van der Waals surface area contributed by atoms with Gasteiger partial charge in [-0.25, -0.2) is 0 Å². The van der Waals surface area contributed by atoms with Gasteiger partial charge in [-0.15, -0.1) is 0 Å². The number of methoxy groups -OCH3 is 1. The van der Waals surface area contributed by atoms with Crippen LogP contribution in [0.4, 0.5) is 5.69 Å². The van der Waals surface area contributed by atoms with Crippen molar-refractivity contribution in [3.05, 3.63) is 58.1 Å². The summed E-state index contributed by atoms with van der Waals surface area (Å²) >= 11 is 6.30. The third-order valence-electron chi connectivity index (χ3n) is 7.94.